The van der Waals surface area contributed by atoms with Crippen LogP contribution in [0.4, 0.5) is 0 Å². The highest BCUT2D eigenvalue weighted by Crippen LogP contribution is 2.21. The fraction of sp³-hybridized carbons (Fsp3) is 0.222. The molecule has 3 heteroatoms. The van der Waals surface area contributed by atoms with Crippen LogP contribution in [0.3, 0.4) is 0 Å². The number of carbonyl (C=O) groups is 1. The van der Waals surface area contributed by atoms with Crippen LogP contribution in [0.2, 0.25) is 5.02 Å². The van der Waals surface area contributed by atoms with Gasteiger partial charge in [0.2, 0.25) is 0 Å². The van der Waals surface area contributed by atoms with Crippen LogP contribution in [-0.2, 0) is 4.79 Å². The van der Waals surface area contributed by atoms with Gasteiger partial charge in [-0.1, -0.05) is 17.7 Å². The SMILES string of the molecule is Cc1ccc(Cl)cc1OCC=O. The number of carbonyl (C=O) groups excluding carboxylic acids is 1. The molecule has 0 saturated heterocycles. The van der Waals surface area contributed by atoms with Crippen LogP contribution in [0.5, 0.6) is 5.75 Å². The summed E-state index contributed by atoms with van der Waals surface area (Å²) in [6, 6.07) is 5.33. The predicted molar refractivity (Wildman–Crippen MR) is 47.7 cm³/mol. The monoisotopic (exact) mass is 184 g/mol. The molecule has 0 heterocycles. The highest BCUT2D eigenvalue weighted by atomic mass is 35.5. The third kappa shape index (κ3) is 2.24. The third-order valence-electron chi connectivity index (χ3n) is 1.46. The second kappa shape index (κ2) is 4.12. The van der Waals surface area contributed by atoms with Gasteiger partial charge in [0.25, 0.3) is 0 Å². The number of ether oxygens (including phenoxy) is 1. The summed E-state index contributed by atoms with van der Waals surface area (Å²) < 4.78 is 5.11. The van der Waals surface area contributed by atoms with E-state index >= 15 is 0 Å². The molecule has 1 rings (SSSR count). The van der Waals surface area contributed by atoms with Crippen molar-refractivity contribution >= 4 is 17.9 Å². The second-order valence-corrected chi connectivity index (χ2v) is 2.82. The maximum absolute atomic E-state index is 10.0. The Morgan fingerprint density at radius 1 is 1.58 bits per heavy atom. The summed E-state index contributed by atoms with van der Waals surface area (Å²) in [7, 11) is 0. The Kier molecular flexibility index (Phi) is 3.11. The normalized spacial score (nSPS) is 9.50. The van der Waals surface area contributed by atoms with Crippen molar-refractivity contribution in [1.82, 2.24) is 0 Å². The Morgan fingerprint density at radius 2 is 2.33 bits per heavy atom. The summed E-state index contributed by atoms with van der Waals surface area (Å²) in [5.74, 6) is 0.662. The van der Waals surface area contributed by atoms with Gasteiger partial charge in [-0.25, -0.2) is 0 Å². The Bertz CT molecular complexity index is 284. The van der Waals surface area contributed by atoms with E-state index in [-0.39, 0.29) is 6.61 Å². The summed E-state index contributed by atoms with van der Waals surface area (Å²) in [4.78, 5) is 10.0. The zero-order valence-corrected chi connectivity index (χ0v) is 7.47. The molecule has 0 aliphatic rings. The lowest BCUT2D eigenvalue weighted by Crippen LogP contribution is -1.98. The van der Waals surface area contributed by atoms with Crippen LogP contribution in [0.25, 0.3) is 0 Å². The van der Waals surface area contributed by atoms with Crippen LogP contribution in [-0.4, -0.2) is 12.9 Å². The molecule has 0 saturated carbocycles. The van der Waals surface area contributed by atoms with E-state index in [0.717, 1.165) is 5.56 Å². The smallest absolute Gasteiger partial charge is 0.157 e. The van der Waals surface area contributed by atoms with Crippen LogP contribution in [0.1, 0.15) is 5.56 Å². The summed E-state index contributed by atoms with van der Waals surface area (Å²) in [5.41, 5.74) is 0.973. The van der Waals surface area contributed by atoms with Gasteiger partial charge < -0.3 is 4.74 Å². The minimum atomic E-state index is 0.0706. The van der Waals surface area contributed by atoms with Gasteiger partial charge in [-0.3, -0.25) is 4.79 Å². The number of halogens is 1. The molecular weight excluding hydrogens is 176 g/mol. The van der Waals surface area contributed by atoms with E-state index in [0.29, 0.717) is 17.1 Å². The highest BCUT2D eigenvalue weighted by Gasteiger charge is 1.98. The zero-order valence-electron chi connectivity index (χ0n) is 6.71. The van der Waals surface area contributed by atoms with Crippen LogP contribution in [0, 0.1) is 6.92 Å². The Balaban J connectivity index is 2.82. The first-order valence-electron chi connectivity index (χ1n) is 3.56. The fourth-order valence-electron chi connectivity index (χ4n) is 0.853. The minimum absolute atomic E-state index is 0.0706. The Morgan fingerprint density at radius 3 is 3.00 bits per heavy atom. The van der Waals surface area contributed by atoms with Gasteiger partial charge in [0.05, 0.1) is 0 Å². The molecule has 2 nitrogen and oxygen atoms in total. The molecule has 0 N–H and O–H groups in total. The summed E-state index contributed by atoms with van der Waals surface area (Å²) >= 11 is 5.73. The highest BCUT2D eigenvalue weighted by molar-refractivity contribution is 6.30. The fourth-order valence-corrected chi connectivity index (χ4v) is 1.02. The first-order chi connectivity index (χ1) is 5.74. The molecule has 0 fully saturated rings. The maximum Gasteiger partial charge on any atom is 0.157 e. The van der Waals surface area contributed by atoms with E-state index < -0.39 is 0 Å². The molecule has 12 heavy (non-hydrogen) atoms. The molecule has 0 aliphatic heterocycles. The van der Waals surface area contributed by atoms with Crippen molar-refractivity contribution < 1.29 is 9.53 Å². The van der Waals surface area contributed by atoms with Crippen molar-refractivity contribution in [2.45, 2.75) is 6.92 Å². The van der Waals surface area contributed by atoms with Crippen LogP contribution >= 0.6 is 11.6 Å². The predicted octanol–water partition coefficient (Wildman–Crippen LogP) is 2.23. The lowest BCUT2D eigenvalue weighted by atomic mass is 10.2. The lowest BCUT2D eigenvalue weighted by molar-refractivity contribution is -0.109. The van der Waals surface area contributed by atoms with Crippen molar-refractivity contribution in [3.63, 3.8) is 0 Å². The molecule has 0 aromatic heterocycles. The van der Waals surface area contributed by atoms with Crippen LogP contribution in [0.15, 0.2) is 18.2 Å². The molecule has 64 valence electrons. The van der Waals surface area contributed by atoms with E-state index in [1.54, 1.807) is 12.1 Å². The molecule has 0 bridgehead atoms. The quantitative estimate of drug-likeness (QED) is 0.674. The Labute approximate surface area is 76.1 Å². The largest absolute Gasteiger partial charge is 0.486 e. The van der Waals surface area contributed by atoms with Gasteiger partial charge in [0.1, 0.15) is 12.4 Å². The molecule has 0 spiro atoms. The average Bonchev–Trinajstić information content (AvgIpc) is 2.07. The zero-order chi connectivity index (χ0) is 8.97. The van der Waals surface area contributed by atoms with Gasteiger partial charge in [0, 0.05) is 5.02 Å². The molecule has 1 aromatic rings. The van der Waals surface area contributed by atoms with Gasteiger partial charge >= 0.3 is 0 Å². The van der Waals surface area contributed by atoms with Crippen molar-refractivity contribution in [1.29, 1.82) is 0 Å². The number of aldehydes is 1. The van der Waals surface area contributed by atoms with Gasteiger partial charge in [-0.2, -0.15) is 0 Å². The third-order valence-corrected chi connectivity index (χ3v) is 1.69. The molecular formula is C9H9ClO2. The van der Waals surface area contributed by atoms with Crippen molar-refractivity contribution in [3.05, 3.63) is 28.8 Å². The van der Waals surface area contributed by atoms with Gasteiger partial charge in [0.15, 0.2) is 6.29 Å². The number of rotatable bonds is 3. The van der Waals surface area contributed by atoms with E-state index in [1.165, 1.54) is 0 Å². The number of benzene rings is 1. The van der Waals surface area contributed by atoms with E-state index in [4.69, 9.17) is 16.3 Å². The number of aryl methyl sites for hydroxylation is 1. The van der Waals surface area contributed by atoms with Crippen molar-refractivity contribution in [2.24, 2.45) is 0 Å². The molecule has 1 aromatic carbocycles. The second-order valence-electron chi connectivity index (χ2n) is 2.39. The van der Waals surface area contributed by atoms with E-state index in [2.05, 4.69) is 0 Å². The molecule has 0 radical (unpaired) electrons. The molecule has 0 amide bonds. The number of hydrogen-bond acceptors (Lipinski definition) is 2. The summed E-state index contributed by atoms with van der Waals surface area (Å²) in [6.07, 6.45) is 0.709. The lowest BCUT2D eigenvalue weighted by Gasteiger charge is -2.05. The van der Waals surface area contributed by atoms with Gasteiger partial charge in [-0.15, -0.1) is 0 Å². The Hall–Kier alpha value is -1.02. The van der Waals surface area contributed by atoms with Crippen LogP contribution < -0.4 is 4.74 Å². The van der Waals surface area contributed by atoms with Crippen molar-refractivity contribution in [3.8, 4) is 5.75 Å². The summed E-state index contributed by atoms with van der Waals surface area (Å²) in [6.45, 7) is 1.97. The minimum Gasteiger partial charge on any atom is -0.486 e. The van der Waals surface area contributed by atoms with Crippen molar-refractivity contribution in [2.75, 3.05) is 6.61 Å². The average molecular weight is 185 g/mol. The molecule has 0 atom stereocenters. The topological polar surface area (TPSA) is 26.3 Å². The summed E-state index contributed by atoms with van der Waals surface area (Å²) in [5, 5.41) is 0.612. The standard InChI is InChI=1S/C9H9ClO2/c1-7-2-3-8(10)6-9(7)12-5-4-11/h2-4,6H,5H2,1H3. The van der Waals surface area contributed by atoms with Gasteiger partial charge in [-0.05, 0) is 24.6 Å². The maximum atomic E-state index is 10.0. The van der Waals surface area contributed by atoms with E-state index in [9.17, 15) is 4.79 Å². The first kappa shape index (κ1) is 9.07. The van der Waals surface area contributed by atoms with E-state index in [1.807, 2.05) is 13.0 Å². The first-order valence-corrected chi connectivity index (χ1v) is 3.94. The number of hydrogen-bond donors (Lipinski definition) is 0. The molecule has 0 aliphatic carbocycles. The molecule has 0 unspecified atom stereocenters.